The van der Waals surface area contributed by atoms with Gasteiger partial charge in [0.1, 0.15) is 0 Å². The maximum absolute atomic E-state index is 11.4. The van der Waals surface area contributed by atoms with Crippen LogP contribution in [0, 0.1) is 0 Å². The minimum Gasteiger partial charge on any atom is -0.375 e. The molecular weight excluding hydrogens is 200 g/mol. The fraction of sp³-hybridized carbons (Fsp3) is 0.462. The van der Waals surface area contributed by atoms with Gasteiger partial charge < -0.3 is 10.2 Å². The van der Waals surface area contributed by atoms with Gasteiger partial charge in [-0.15, -0.1) is 0 Å². The molecule has 0 heterocycles. The van der Waals surface area contributed by atoms with Crippen molar-refractivity contribution in [2.45, 2.75) is 26.7 Å². The van der Waals surface area contributed by atoms with Crippen molar-refractivity contribution >= 4 is 17.3 Å². The Bertz CT molecular complexity index is 350. The van der Waals surface area contributed by atoms with Gasteiger partial charge in [-0.3, -0.25) is 4.79 Å². The van der Waals surface area contributed by atoms with E-state index in [1.807, 2.05) is 38.2 Å². The molecule has 0 saturated carbocycles. The second kappa shape index (κ2) is 6.16. The maximum Gasteiger partial charge on any atom is 0.224 e. The molecule has 0 aromatic heterocycles. The summed E-state index contributed by atoms with van der Waals surface area (Å²) in [6, 6.07) is 7.92. The van der Waals surface area contributed by atoms with Crippen molar-refractivity contribution in [3.63, 3.8) is 0 Å². The normalized spacial score (nSPS) is 9.94. The summed E-state index contributed by atoms with van der Waals surface area (Å²) in [5.41, 5.74) is 1.99. The summed E-state index contributed by atoms with van der Waals surface area (Å²) in [7, 11) is 2.03. The van der Waals surface area contributed by atoms with Gasteiger partial charge in [-0.1, -0.05) is 13.0 Å². The Kier molecular flexibility index (Phi) is 4.83. The number of benzene rings is 1. The fourth-order valence-electron chi connectivity index (χ4n) is 1.45. The average Bonchev–Trinajstić information content (AvgIpc) is 2.28. The molecule has 0 fully saturated rings. The lowest BCUT2D eigenvalue weighted by molar-refractivity contribution is -0.116. The van der Waals surface area contributed by atoms with E-state index in [-0.39, 0.29) is 5.91 Å². The molecule has 1 aromatic rings. The van der Waals surface area contributed by atoms with Crippen LogP contribution in [0.15, 0.2) is 24.3 Å². The Hall–Kier alpha value is -1.51. The number of hydrogen-bond acceptors (Lipinski definition) is 2. The molecule has 0 radical (unpaired) electrons. The average molecular weight is 220 g/mol. The smallest absolute Gasteiger partial charge is 0.224 e. The lowest BCUT2D eigenvalue weighted by atomic mass is 10.2. The predicted molar refractivity (Wildman–Crippen MR) is 68.9 cm³/mol. The van der Waals surface area contributed by atoms with E-state index in [1.54, 1.807) is 0 Å². The first kappa shape index (κ1) is 12.6. The Morgan fingerprint density at radius 2 is 2.12 bits per heavy atom. The lowest BCUT2D eigenvalue weighted by Gasteiger charge is -2.17. The quantitative estimate of drug-likeness (QED) is 0.827. The molecule has 0 aliphatic rings. The molecule has 1 amide bonds. The first-order valence-corrected chi connectivity index (χ1v) is 5.78. The standard InChI is InChI=1S/C13H20N2O/c1-4-7-13(16)14-11-8-6-9-12(10-11)15(3)5-2/h6,8-10H,4-5,7H2,1-3H3,(H,14,16). The highest BCUT2D eigenvalue weighted by molar-refractivity contribution is 5.91. The van der Waals surface area contributed by atoms with E-state index in [4.69, 9.17) is 0 Å². The van der Waals surface area contributed by atoms with E-state index in [0.717, 1.165) is 24.3 Å². The van der Waals surface area contributed by atoms with Crippen LogP contribution in [-0.4, -0.2) is 19.5 Å². The molecule has 0 saturated heterocycles. The van der Waals surface area contributed by atoms with Gasteiger partial charge in [0, 0.05) is 31.4 Å². The Labute approximate surface area is 97.5 Å². The molecule has 0 unspecified atom stereocenters. The van der Waals surface area contributed by atoms with Gasteiger partial charge in [0.05, 0.1) is 0 Å². The number of amides is 1. The third-order valence-corrected chi connectivity index (χ3v) is 2.52. The number of anilines is 2. The first-order chi connectivity index (χ1) is 7.67. The molecule has 1 rings (SSSR count). The molecule has 0 bridgehead atoms. The van der Waals surface area contributed by atoms with E-state index in [1.165, 1.54) is 0 Å². The number of hydrogen-bond donors (Lipinski definition) is 1. The summed E-state index contributed by atoms with van der Waals surface area (Å²) in [5, 5.41) is 2.90. The number of rotatable bonds is 5. The molecule has 88 valence electrons. The molecule has 0 aliphatic carbocycles. The minimum absolute atomic E-state index is 0.0822. The molecule has 0 spiro atoms. The summed E-state index contributed by atoms with van der Waals surface area (Å²) in [4.78, 5) is 13.6. The van der Waals surface area contributed by atoms with Crippen LogP contribution >= 0.6 is 0 Å². The molecule has 1 N–H and O–H groups in total. The Balaban J connectivity index is 2.71. The molecular formula is C13H20N2O. The number of nitrogens with one attached hydrogen (secondary N) is 1. The van der Waals surface area contributed by atoms with Crippen molar-refractivity contribution in [2.75, 3.05) is 23.8 Å². The van der Waals surface area contributed by atoms with E-state index < -0.39 is 0 Å². The third kappa shape index (κ3) is 3.57. The largest absolute Gasteiger partial charge is 0.375 e. The van der Waals surface area contributed by atoms with Gasteiger partial charge in [0.2, 0.25) is 5.91 Å². The van der Waals surface area contributed by atoms with Gasteiger partial charge in [0.25, 0.3) is 0 Å². The van der Waals surface area contributed by atoms with Crippen LogP contribution in [0.25, 0.3) is 0 Å². The molecule has 0 aliphatic heterocycles. The van der Waals surface area contributed by atoms with Crippen molar-refractivity contribution < 1.29 is 4.79 Å². The second-order valence-electron chi connectivity index (χ2n) is 3.86. The molecule has 1 aromatic carbocycles. The third-order valence-electron chi connectivity index (χ3n) is 2.52. The van der Waals surface area contributed by atoms with Gasteiger partial charge in [-0.05, 0) is 31.5 Å². The highest BCUT2D eigenvalue weighted by Crippen LogP contribution is 2.18. The lowest BCUT2D eigenvalue weighted by Crippen LogP contribution is -2.16. The van der Waals surface area contributed by atoms with Crippen molar-refractivity contribution in [1.82, 2.24) is 0 Å². The monoisotopic (exact) mass is 220 g/mol. The van der Waals surface area contributed by atoms with Crippen LogP contribution < -0.4 is 10.2 Å². The van der Waals surface area contributed by atoms with E-state index in [9.17, 15) is 4.79 Å². The number of carbonyl (C=O) groups is 1. The van der Waals surface area contributed by atoms with Crippen molar-refractivity contribution in [3.8, 4) is 0 Å². The zero-order valence-corrected chi connectivity index (χ0v) is 10.3. The van der Waals surface area contributed by atoms with Gasteiger partial charge in [-0.2, -0.15) is 0 Å². The highest BCUT2D eigenvalue weighted by atomic mass is 16.1. The summed E-state index contributed by atoms with van der Waals surface area (Å²) in [5.74, 6) is 0.0822. The van der Waals surface area contributed by atoms with Crippen LogP contribution in [-0.2, 0) is 4.79 Å². The van der Waals surface area contributed by atoms with Crippen LogP contribution in [0.4, 0.5) is 11.4 Å². The van der Waals surface area contributed by atoms with Crippen molar-refractivity contribution in [2.24, 2.45) is 0 Å². The Morgan fingerprint density at radius 1 is 1.38 bits per heavy atom. The van der Waals surface area contributed by atoms with Crippen LogP contribution in [0.1, 0.15) is 26.7 Å². The molecule has 3 nitrogen and oxygen atoms in total. The summed E-state index contributed by atoms with van der Waals surface area (Å²) >= 11 is 0. The van der Waals surface area contributed by atoms with E-state index >= 15 is 0 Å². The summed E-state index contributed by atoms with van der Waals surface area (Å²) in [6.07, 6.45) is 1.45. The van der Waals surface area contributed by atoms with Crippen LogP contribution in [0.2, 0.25) is 0 Å². The fourth-order valence-corrected chi connectivity index (χ4v) is 1.45. The van der Waals surface area contributed by atoms with Crippen molar-refractivity contribution in [3.05, 3.63) is 24.3 Å². The summed E-state index contributed by atoms with van der Waals surface area (Å²) < 4.78 is 0. The summed E-state index contributed by atoms with van der Waals surface area (Å²) in [6.45, 7) is 5.05. The zero-order valence-electron chi connectivity index (χ0n) is 10.3. The zero-order chi connectivity index (χ0) is 12.0. The SMILES string of the molecule is CCCC(=O)Nc1cccc(N(C)CC)c1. The second-order valence-corrected chi connectivity index (χ2v) is 3.86. The van der Waals surface area contributed by atoms with Gasteiger partial charge in [-0.25, -0.2) is 0 Å². The van der Waals surface area contributed by atoms with Gasteiger partial charge >= 0.3 is 0 Å². The van der Waals surface area contributed by atoms with Gasteiger partial charge in [0.15, 0.2) is 0 Å². The number of carbonyl (C=O) groups excluding carboxylic acids is 1. The van der Waals surface area contributed by atoms with E-state index in [2.05, 4.69) is 17.1 Å². The van der Waals surface area contributed by atoms with E-state index in [0.29, 0.717) is 6.42 Å². The highest BCUT2D eigenvalue weighted by Gasteiger charge is 2.03. The number of nitrogens with zero attached hydrogens (tertiary/aromatic N) is 1. The Morgan fingerprint density at radius 3 is 2.75 bits per heavy atom. The van der Waals surface area contributed by atoms with Crippen LogP contribution in [0.5, 0.6) is 0 Å². The molecule has 0 atom stereocenters. The van der Waals surface area contributed by atoms with Crippen molar-refractivity contribution in [1.29, 1.82) is 0 Å². The predicted octanol–water partition coefficient (Wildman–Crippen LogP) is 2.88. The van der Waals surface area contributed by atoms with Crippen LogP contribution in [0.3, 0.4) is 0 Å². The topological polar surface area (TPSA) is 32.3 Å². The minimum atomic E-state index is 0.0822. The maximum atomic E-state index is 11.4. The first-order valence-electron chi connectivity index (χ1n) is 5.78. The molecule has 3 heteroatoms. The molecule has 16 heavy (non-hydrogen) atoms.